The lowest BCUT2D eigenvalue weighted by molar-refractivity contribution is -0.113. The standard InChI is InChI=1S/C16H19ClN2O3/c1-15(2,3)22-14(21)19-16(4,9-20)13-8-10-7-11(17)5-6-12(10)18-13/h5-9,18H,1-4H3,(H,19,21). The van der Waals surface area contributed by atoms with Crippen molar-refractivity contribution in [2.24, 2.45) is 0 Å². The number of nitrogens with one attached hydrogen (secondary N) is 2. The predicted molar refractivity (Wildman–Crippen MR) is 86.1 cm³/mol. The minimum atomic E-state index is -1.21. The number of aromatic amines is 1. The number of ether oxygens (including phenoxy) is 1. The monoisotopic (exact) mass is 322 g/mol. The van der Waals surface area contributed by atoms with E-state index in [0.717, 1.165) is 10.9 Å². The van der Waals surface area contributed by atoms with Gasteiger partial charge in [-0.15, -0.1) is 0 Å². The van der Waals surface area contributed by atoms with Crippen molar-refractivity contribution in [2.75, 3.05) is 0 Å². The van der Waals surface area contributed by atoms with E-state index < -0.39 is 17.2 Å². The number of fused-ring (bicyclic) bond motifs is 1. The smallest absolute Gasteiger partial charge is 0.408 e. The molecule has 1 aromatic heterocycles. The second-order valence-electron chi connectivity index (χ2n) is 6.36. The molecule has 1 aromatic carbocycles. The third-order valence-corrected chi connectivity index (χ3v) is 3.37. The summed E-state index contributed by atoms with van der Waals surface area (Å²) in [5.74, 6) is 0. The molecule has 2 N–H and O–H groups in total. The SMILES string of the molecule is CC(C)(C)OC(=O)NC(C)(C=O)c1cc2cc(Cl)ccc2[nH]1. The van der Waals surface area contributed by atoms with Gasteiger partial charge in [-0.25, -0.2) is 4.79 Å². The van der Waals surface area contributed by atoms with Crippen LogP contribution >= 0.6 is 11.6 Å². The third kappa shape index (κ3) is 3.60. The number of amides is 1. The van der Waals surface area contributed by atoms with Crippen molar-refractivity contribution in [2.45, 2.75) is 38.8 Å². The number of aromatic nitrogens is 1. The van der Waals surface area contributed by atoms with Crippen LogP contribution in [-0.2, 0) is 15.1 Å². The lowest BCUT2D eigenvalue weighted by Crippen LogP contribution is -2.47. The average molecular weight is 323 g/mol. The second-order valence-corrected chi connectivity index (χ2v) is 6.80. The van der Waals surface area contributed by atoms with Gasteiger partial charge < -0.3 is 19.8 Å². The van der Waals surface area contributed by atoms with E-state index in [1.165, 1.54) is 0 Å². The van der Waals surface area contributed by atoms with E-state index >= 15 is 0 Å². The minimum Gasteiger partial charge on any atom is -0.444 e. The molecule has 0 saturated heterocycles. The summed E-state index contributed by atoms with van der Waals surface area (Å²) in [6.45, 7) is 6.89. The molecule has 0 aliphatic carbocycles. The highest BCUT2D eigenvalue weighted by Crippen LogP contribution is 2.26. The second kappa shape index (κ2) is 5.65. The molecule has 5 nitrogen and oxygen atoms in total. The summed E-state index contributed by atoms with van der Waals surface area (Å²) in [6.07, 6.45) is 0.0160. The zero-order valence-corrected chi connectivity index (χ0v) is 13.7. The number of halogens is 1. The van der Waals surface area contributed by atoms with E-state index in [0.29, 0.717) is 17.0 Å². The molecular formula is C16H19ClN2O3. The highest BCUT2D eigenvalue weighted by molar-refractivity contribution is 6.31. The number of hydrogen-bond acceptors (Lipinski definition) is 3. The van der Waals surface area contributed by atoms with Gasteiger partial charge in [0, 0.05) is 21.6 Å². The molecule has 1 atom stereocenters. The van der Waals surface area contributed by atoms with Gasteiger partial charge in [0.15, 0.2) is 6.29 Å². The molecule has 0 fully saturated rings. The Labute approximate surface area is 134 Å². The molecule has 0 radical (unpaired) electrons. The van der Waals surface area contributed by atoms with Crippen LogP contribution in [0, 0.1) is 0 Å². The number of hydrogen-bond donors (Lipinski definition) is 2. The Balaban J connectivity index is 2.31. The summed E-state index contributed by atoms with van der Waals surface area (Å²) < 4.78 is 5.21. The third-order valence-electron chi connectivity index (χ3n) is 3.14. The van der Waals surface area contributed by atoms with Gasteiger partial charge in [0.1, 0.15) is 11.1 Å². The van der Waals surface area contributed by atoms with Crippen molar-refractivity contribution >= 4 is 34.9 Å². The highest BCUT2D eigenvalue weighted by atomic mass is 35.5. The summed E-state index contributed by atoms with van der Waals surface area (Å²) in [5.41, 5.74) is -0.459. The Bertz CT molecular complexity index is 718. The maximum atomic E-state index is 11.9. The summed E-state index contributed by atoms with van der Waals surface area (Å²) in [7, 11) is 0. The Morgan fingerprint density at radius 3 is 2.55 bits per heavy atom. The van der Waals surface area contributed by atoms with Crippen molar-refractivity contribution in [3.05, 3.63) is 35.0 Å². The van der Waals surface area contributed by atoms with Crippen molar-refractivity contribution < 1.29 is 14.3 Å². The van der Waals surface area contributed by atoms with Gasteiger partial charge in [-0.2, -0.15) is 0 Å². The fourth-order valence-electron chi connectivity index (χ4n) is 2.06. The van der Waals surface area contributed by atoms with Crippen LogP contribution in [0.1, 0.15) is 33.4 Å². The largest absolute Gasteiger partial charge is 0.444 e. The van der Waals surface area contributed by atoms with E-state index in [-0.39, 0.29) is 0 Å². The molecule has 6 heteroatoms. The lowest BCUT2D eigenvalue weighted by Gasteiger charge is -2.26. The molecule has 0 aliphatic heterocycles. The van der Waals surface area contributed by atoms with Gasteiger partial charge in [0.2, 0.25) is 0 Å². The number of H-pyrrole nitrogens is 1. The van der Waals surface area contributed by atoms with Crippen LogP contribution in [0.25, 0.3) is 10.9 Å². The maximum Gasteiger partial charge on any atom is 0.408 e. The van der Waals surface area contributed by atoms with Gasteiger partial charge in [0.25, 0.3) is 0 Å². The minimum absolute atomic E-state index is 0.561. The van der Waals surface area contributed by atoms with Crippen LogP contribution < -0.4 is 5.32 Å². The van der Waals surface area contributed by atoms with Crippen LogP contribution in [0.2, 0.25) is 5.02 Å². The number of alkyl carbamates (subject to hydrolysis) is 1. The summed E-state index contributed by atoms with van der Waals surface area (Å²) in [4.78, 5) is 26.6. The quantitative estimate of drug-likeness (QED) is 0.845. The molecule has 0 saturated carbocycles. The Morgan fingerprint density at radius 2 is 1.95 bits per heavy atom. The van der Waals surface area contributed by atoms with Gasteiger partial charge >= 0.3 is 6.09 Å². The maximum absolute atomic E-state index is 11.9. The predicted octanol–water partition coefficient (Wildman–Crippen LogP) is 3.76. The van der Waals surface area contributed by atoms with Gasteiger partial charge in [-0.1, -0.05) is 11.6 Å². The van der Waals surface area contributed by atoms with Crippen molar-refractivity contribution in [1.29, 1.82) is 0 Å². The van der Waals surface area contributed by atoms with Crippen molar-refractivity contribution in [3.63, 3.8) is 0 Å². The molecular weight excluding hydrogens is 304 g/mol. The summed E-state index contributed by atoms with van der Waals surface area (Å²) >= 11 is 5.96. The number of carbonyl (C=O) groups excluding carboxylic acids is 2. The molecule has 22 heavy (non-hydrogen) atoms. The fraction of sp³-hybridized carbons (Fsp3) is 0.375. The molecule has 2 aromatic rings. The number of aldehydes is 1. The Kier molecular flexibility index (Phi) is 4.20. The van der Waals surface area contributed by atoms with E-state index in [1.807, 2.05) is 6.07 Å². The van der Waals surface area contributed by atoms with Crippen molar-refractivity contribution in [1.82, 2.24) is 10.3 Å². The van der Waals surface area contributed by atoms with Crippen LogP contribution in [0.4, 0.5) is 4.79 Å². The zero-order valence-electron chi connectivity index (χ0n) is 13.0. The van der Waals surface area contributed by atoms with Crippen LogP contribution in [0.3, 0.4) is 0 Å². The first-order valence-electron chi connectivity index (χ1n) is 6.89. The first-order chi connectivity index (χ1) is 10.1. The van der Waals surface area contributed by atoms with Gasteiger partial charge in [-0.3, -0.25) is 0 Å². The number of benzene rings is 1. The normalized spacial score (nSPS) is 14.4. The molecule has 0 aliphatic rings. The molecule has 0 spiro atoms. The van der Waals surface area contributed by atoms with Gasteiger partial charge in [-0.05, 0) is 52.0 Å². The van der Waals surface area contributed by atoms with Crippen LogP contribution in [-0.4, -0.2) is 23.0 Å². The first-order valence-corrected chi connectivity index (χ1v) is 7.27. The molecule has 1 amide bonds. The van der Waals surface area contributed by atoms with E-state index in [4.69, 9.17) is 16.3 Å². The molecule has 1 heterocycles. The van der Waals surface area contributed by atoms with Crippen LogP contribution in [0.15, 0.2) is 24.3 Å². The zero-order chi connectivity index (χ0) is 16.5. The van der Waals surface area contributed by atoms with E-state index in [1.54, 1.807) is 45.9 Å². The summed E-state index contributed by atoms with van der Waals surface area (Å²) in [6, 6.07) is 7.14. The van der Waals surface area contributed by atoms with Gasteiger partial charge in [0.05, 0.1) is 0 Å². The molecule has 2 rings (SSSR count). The van der Waals surface area contributed by atoms with E-state index in [2.05, 4.69) is 10.3 Å². The van der Waals surface area contributed by atoms with Crippen LogP contribution in [0.5, 0.6) is 0 Å². The fourth-order valence-corrected chi connectivity index (χ4v) is 2.24. The number of carbonyl (C=O) groups is 2. The average Bonchev–Trinajstić information content (AvgIpc) is 2.79. The number of rotatable bonds is 3. The van der Waals surface area contributed by atoms with E-state index in [9.17, 15) is 9.59 Å². The topological polar surface area (TPSA) is 71.2 Å². The highest BCUT2D eigenvalue weighted by Gasteiger charge is 2.32. The molecule has 118 valence electrons. The molecule has 1 unspecified atom stereocenters. The Hall–Kier alpha value is -2.01. The summed E-state index contributed by atoms with van der Waals surface area (Å²) in [5, 5.41) is 4.06. The van der Waals surface area contributed by atoms with Crippen molar-refractivity contribution in [3.8, 4) is 0 Å². The first kappa shape index (κ1) is 16.4. The molecule has 0 bridgehead atoms. The lowest BCUT2D eigenvalue weighted by atomic mass is 10.0. The Morgan fingerprint density at radius 1 is 1.27 bits per heavy atom.